The first-order chi connectivity index (χ1) is 37.0. The van der Waals surface area contributed by atoms with Gasteiger partial charge in [0.2, 0.25) is 17.7 Å². The fourth-order valence-electron chi connectivity index (χ4n) is 11.6. The number of carbonyl (C=O) groups is 6. The van der Waals surface area contributed by atoms with Crippen molar-refractivity contribution in [3.8, 4) is 0 Å². The van der Waals surface area contributed by atoms with Gasteiger partial charge in [-0.3, -0.25) is 38.6 Å². The normalized spacial score (nSPS) is 19.6. The Morgan fingerprint density at radius 3 is 2.03 bits per heavy atom. The van der Waals surface area contributed by atoms with Crippen LogP contribution in [0.5, 0.6) is 0 Å². The summed E-state index contributed by atoms with van der Waals surface area (Å²) in [5, 5.41) is 11.2. The van der Waals surface area contributed by atoms with Crippen molar-refractivity contribution in [2.75, 3.05) is 97.5 Å². The number of aromatic nitrogens is 2. The van der Waals surface area contributed by atoms with Crippen molar-refractivity contribution in [2.24, 2.45) is 11.8 Å². The third kappa shape index (κ3) is 16.8. The summed E-state index contributed by atoms with van der Waals surface area (Å²) in [4.78, 5) is 99.8. The molecule has 3 aromatic carbocycles. The maximum absolute atomic E-state index is 15.1. The van der Waals surface area contributed by atoms with Gasteiger partial charge in [0.1, 0.15) is 24.5 Å². The molecule has 16 nitrogen and oxygen atoms in total. The molecule has 2 N–H and O–H groups in total. The van der Waals surface area contributed by atoms with Crippen molar-refractivity contribution in [3.63, 3.8) is 0 Å². The average Bonchev–Trinajstić information content (AvgIpc) is 4.37. The number of H-pyrrole nitrogens is 1. The number of hydrogen-bond acceptors (Lipinski definition) is 10. The molecule has 0 radical (unpaired) electrons. The Morgan fingerprint density at radius 1 is 0.692 bits per heavy atom. The maximum Gasteiger partial charge on any atom is 1.00 e. The molecule has 6 aliphatic rings. The van der Waals surface area contributed by atoms with Gasteiger partial charge in [-0.15, -0.1) is 11.6 Å². The van der Waals surface area contributed by atoms with E-state index in [-0.39, 0.29) is 111 Å². The van der Waals surface area contributed by atoms with Gasteiger partial charge in [0, 0.05) is 95.3 Å². The van der Waals surface area contributed by atoms with Crippen molar-refractivity contribution in [1.29, 1.82) is 0 Å². The average molecular weight is 1120 g/mol. The van der Waals surface area contributed by atoms with Crippen LogP contribution in [0.4, 0.5) is 4.39 Å². The number of carbonyl (C=O) groups excluding carboxylic acids is 6. The van der Waals surface area contributed by atoms with Crippen LogP contribution in [0.2, 0.25) is 0 Å². The van der Waals surface area contributed by atoms with Gasteiger partial charge in [0.15, 0.2) is 0 Å². The van der Waals surface area contributed by atoms with Gasteiger partial charge >= 0.3 is 51.4 Å². The number of halogens is 2. The molecule has 0 bridgehead atoms. The van der Waals surface area contributed by atoms with Gasteiger partial charge in [-0.1, -0.05) is 74.9 Å². The molecule has 416 valence electrons. The molecular formula is C59H78ClFKN9O7. The van der Waals surface area contributed by atoms with Crippen LogP contribution in [0.25, 0.3) is 10.8 Å². The van der Waals surface area contributed by atoms with Crippen LogP contribution in [-0.2, 0) is 25.6 Å². The predicted octanol–water partition coefficient (Wildman–Crippen LogP) is 3.56. The van der Waals surface area contributed by atoms with Gasteiger partial charge < -0.3 is 37.1 Å². The molecule has 4 aromatic rings. The summed E-state index contributed by atoms with van der Waals surface area (Å²) in [5.41, 5.74) is 2.57. The standard InChI is InChI=1S/C54H67ClFN9O6.C3H6.CH2O.CH3.K/c55-33-48(66)65-19-7-12-42(35-65)40-10-6-11-41(32-40)51(68)57-50(39-8-2-1-3-9-39)54(71)64-24-22-61(23-25-64)34-37-17-20-60(21-18-37)36-49(67)62-26-28-63(29-27-62)53(70)45-30-38(15-16-46(45)56)31-47-43-13-4-5-14-44(43)52(69)59-58-47;1-2-3-1;1-2;;/h4-6,10-11,13-16,30,32,37,39,42,50H,1-3,7-9,12,17-29,31,33-36H2,(H,57,68)(H,59,69);1-3H2;1H2;1H3;/q;;;-1;+1. The SMILES string of the molecule is C1CC1.C=O.O=C(NC(C(=O)N1CCN(CC2CCN(CC(=O)N3CCN(C(=O)c4cc(Cc5n[nH]c(=O)c6ccccc56)ccc4F)CC3)CC2)CC1)C1CCCCC1)c1cccc(C2CCCN(C(=O)CCl)C2)c1.[CH3-].[K+]. The number of piperazine rings is 2. The minimum absolute atomic E-state index is 0. The molecule has 2 unspecified atom stereocenters. The molecule has 0 spiro atoms. The number of hydrogen-bond donors (Lipinski definition) is 2. The maximum atomic E-state index is 15.1. The number of piperidine rings is 2. The number of amides is 5. The van der Waals surface area contributed by atoms with Crippen molar-refractivity contribution in [3.05, 3.63) is 118 Å². The fraction of sp³-hybridized carbons (Fsp3) is 0.542. The largest absolute Gasteiger partial charge is 1.00 e. The quantitative estimate of drug-likeness (QED) is 0.114. The summed E-state index contributed by atoms with van der Waals surface area (Å²) in [6, 6.07) is 18.7. The molecule has 2 atom stereocenters. The molecule has 5 heterocycles. The molecule has 5 amide bonds. The van der Waals surface area contributed by atoms with E-state index in [1.807, 2.05) is 53.0 Å². The zero-order valence-electron chi connectivity index (χ0n) is 45.9. The molecular weight excluding hydrogens is 1040 g/mol. The first-order valence-electron chi connectivity index (χ1n) is 27.6. The minimum Gasteiger partial charge on any atom is -0.358 e. The van der Waals surface area contributed by atoms with E-state index in [2.05, 4.69) is 25.3 Å². The van der Waals surface area contributed by atoms with Crippen molar-refractivity contribution in [1.82, 2.24) is 44.9 Å². The predicted molar refractivity (Wildman–Crippen MR) is 297 cm³/mol. The smallest absolute Gasteiger partial charge is 0.358 e. The van der Waals surface area contributed by atoms with Crippen molar-refractivity contribution >= 4 is 58.7 Å². The number of aromatic amines is 1. The molecule has 6 fully saturated rings. The van der Waals surface area contributed by atoms with Crippen LogP contribution in [0.15, 0.2) is 71.5 Å². The topological polar surface area (TPSA) is 180 Å². The molecule has 2 aliphatic carbocycles. The number of alkyl halides is 1. The van der Waals surface area contributed by atoms with E-state index in [0.717, 1.165) is 96.1 Å². The second kappa shape index (κ2) is 31.0. The van der Waals surface area contributed by atoms with E-state index < -0.39 is 17.8 Å². The molecule has 19 heteroatoms. The van der Waals surface area contributed by atoms with E-state index >= 15 is 4.39 Å². The summed E-state index contributed by atoms with van der Waals surface area (Å²) in [6.07, 6.45) is 13.7. The minimum atomic E-state index is -0.607. The fourth-order valence-corrected chi connectivity index (χ4v) is 11.7. The Hall–Kier alpha value is -4.40. The number of nitrogens with zero attached hydrogens (tertiary/aromatic N) is 7. The van der Waals surface area contributed by atoms with Crippen molar-refractivity contribution in [2.45, 2.75) is 95.4 Å². The van der Waals surface area contributed by atoms with Crippen LogP contribution in [0, 0.1) is 25.1 Å². The summed E-state index contributed by atoms with van der Waals surface area (Å²) in [6.45, 7) is 10.4. The van der Waals surface area contributed by atoms with E-state index in [9.17, 15) is 28.8 Å². The van der Waals surface area contributed by atoms with E-state index in [1.54, 1.807) is 34.1 Å². The van der Waals surface area contributed by atoms with Crippen LogP contribution < -0.4 is 62.3 Å². The molecule has 1 aromatic heterocycles. The first-order valence-corrected chi connectivity index (χ1v) is 28.1. The van der Waals surface area contributed by atoms with Gasteiger partial charge in [-0.2, -0.15) is 5.10 Å². The van der Waals surface area contributed by atoms with Crippen LogP contribution in [0.1, 0.15) is 121 Å². The molecule has 78 heavy (non-hydrogen) atoms. The third-order valence-corrected chi connectivity index (χ3v) is 16.4. The van der Waals surface area contributed by atoms with Gasteiger partial charge in [0.05, 0.1) is 23.2 Å². The summed E-state index contributed by atoms with van der Waals surface area (Å²) in [7, 11) is 0. The second-order valence-electron chi connectivity index (χ2n) is 21.4. The Morgan fingerprint density at radius 2 is 1.35 bits per heavy atom. The Balaban J connectivity index is 0.00000134. The Kier molecular flexibility index (Phi) is 24.9. The van der Waals surface area contributed by atoms with Crippen LogP contribution >= 0.6 is 11.6 Å². The van der Waals surface area contributed by atoms with Gasteiger partial charge in [-0.05, 0) is 105 Å². The monoisotopic (exact) mass is 1120 g/mol. The van der Waals surface area contributed by atoms with Crippen molar-refractivity contribution < 1.29 is 84.5 Å². The third-order valence-electron chi connectivity index (χ3n) is 16.1. The number of fused-ring (bicyclic) bond motifs is 1. The molecule has 10 rings (SSSR count). The van der Waals surface area contributed by atoms with Crippen LogP contribution in [-0.4, -0.2) is 179 Å². The number of benzene rings is 3. The van der Waals surface area contributed by atoms with E-state index in [0.29, 0.717) is 98.8 Å². The Bertz CT molecular complexity index is 2700. The number of likely N-dealkylation sites (tertiary alicyclic amines) is 2. The number of nitrogens with one attached hydrogen (secondary N) is 2. The first kappa shape index (κ1) is 62.8. The number of rotatable bonds is 13. The summed E-state index contributed by atoms with van der Waals surface area (Å²) < 4.78 is 15.1. The van der Waals surface area contributed by atoms with E-state index in [1.165, 1.54) is 25.3 Å². The molecule has 4 saturated heterocycles. The molecule has 4 aliphatic heterocycles. The summed E-state index contributed by atoms with van der Waals surface area (Å²) >= 11 is 5.86. The second-order valence-corrected chi connectivity index (χ2v) is 21.7. The molecule has 2 saturated carbocycles. The zero-order chi connectivity index (χ0) is 53.6. The Labute approximate surface area is 506 Å². The van der Waals surface area contributed by atoms with E-state index in [4.69, 9.17) is 16.4 Å². The van der Waals surface area contributed by atoms with Gasteiger partial charge in [0.25, 0.3) is 17.4 Å². The zero-order valence-corrected chi connectivity index (χ0v) is 49.8. The van der Waals surface area contributed by atoms with Crippen LogP contribution in [0.3, 0.4) is 0 Å². The summed E-state index contributed by atoms with van der Waals surface area (Å²) in [5.74, 6) is -0.581. The van der Waals surface area contributed by atoms with Gasteiger partial charge in [-0.25, -0.2) is 9.49 Å².